The Morgan fingerprint density at radius 1 is 1.20 bits per heavy atom. The highest BCUT2D eigenvalue weighted by molar-refractivity contribution is 5.27. The molecule has 0 fully saturated rings. The first-order valence-corrected chi connectivity index (χ1v) is 6.84. The monoisotopic (exact) mass is 287 g/mol. The summed E-state index contributed by atoms with van der Waals surface area (Å²) >= 11 is 0. The lowest BCUT2D eigenvalue weighted by molar-refractivity contribution is 0.0183. The van der Waals surface area contributed by atoms with E-state index in [0.29, 0.717) is 19.2 Å². The van der Waals surface area contributed by atoms with Gasteiger partial charge in [0.25, 0.3) is 6.43 Å². The molecule has 0 radical (unpaired) electrons. The maximum atomic E-state index is 11.8. The fraction of sp³-hybridized carbons (Fsp3) is 0.600. The molecule has 20 heavy (non-hydrogen) atoms. The molecule has 1 N–H and O–H groups in total. The van der Waals surface area contributed by atoms with Crippen LogP contribution in [-0.2, 0) is 11.2 Å². The van der Waals surface area contributed by atoms with E-state index in [1.165, 1.54) is 5.56 Å². The molecule has 114 valence electrons. The number of ether oxygens (including phenoxy) is 2. The molecule has 0 saturated carbocycles. The third kappa shape index (κ3) is 7.40. The van der Waals surface area contributed by atoms with E-state index < -0.39 is 13.0 Å². The maximum absolute atomic E-state index is 11.8. The third-order valence-electron chi connectivity index (χ3n) is 3.01. The Morgan fingerprint density at radius 2 is 1.90 bits per heavy atom. The molecule has 5 heteroatoms. The van der Waals surface area contributed by atoms with Crippen molar-refractivity contribution in [1.82, 2.24) is 5.32 Å². The molecule has 1 rings (SSSR count). The second-order valence-electron chi connectivity index (χ2n) is 4.71. The second-order valence-corrected chi connectivity index (χ2v) is 4.71. The molecule has 1 aromatic rings. The van der Waals surface area contributed by atoms with Gasteiger partial charge in [-0.3, -0.25) is 0 Å². The summed E-state index contributed by atoms with van der Waals surface area (Å²) in [5.74, 6) is 0.858. The van der Waals surface area contributed by atoms with Gasteiger partial charge in [-0.1, -0.05) is 12.1 Å². The van der Waals surface area contributed by atoms with Gasteiger partial charge in [0.2, 0.25) is 0 Å². The zero-order valence-electron chi connectivity index (χ0n) is 12.1. The first kappa shape index (κ1) is 16.9. The van der Waals surface area contributed by atoms with E-state index in [1.807, 2.05) is 12.1 Å². The number of aryl methyl sites for hydroxylation is 1. The summed E-state index contributed by atoms with van der Waals surface area (Å²) in [6.07, 6.45) is -0.431. The minimum Gasteiger partial charge on any atom is -0.497 e. The highest BCUT2D eigenvalue weighted by Crippen LogP contribution is 2.13. The summed E-state index contributed by atoms with van der Waals surface area (Å²) in [6.45, 7) is 2.51. The van der Waals surface area contributed by atoms with Gasteiger partial charge in [-0.25, -0.2) is 8.78 Å². The van der Waals surface area contributed by atoms with Crippen molar-refractivity contribution in [2.24, 2.45) is 0 Å². The second kappa shape index (κ2) is 9.66. The van der Waals surface area contributed by atoms with Crippen molar-refractivity contribution < 1.29 is 18.3 Å². The fourth-order valence-electron chi connectivity index (χ4n) is 1.83. The van der Waals surface area contributed by atoms with Gasteiger partial charge in [0.1, 0.15) is 12.4 Å². The Bertz CT molecular complexity index is 357. The molecule has 0 amide bonds. The normalized spacial score (nSPS) is 12.7. The Kier molecular flexibility index (Phi) is 8.14. The molecular formula is C15H23F2NO2. The average Bonchev–Trinajstić information content (AvgIpc) is 2.45. The lowest BCUT2D eigenvalue weighted by atomic mass is 10.1. The van der Waals surface area contributed by atoms with Crippen molar-refractivity contribution >= 4 is 0 Å². The largest absolute Gasteiger partial charge is 0.497 e. The van der Waals surface area contributed by atoms with Crippen molar-refractivity contribution in [3.8, 4) is 5.75 Å². The lowest BCUT2D eigenvalue weighted by Crippen LogP contribution is -2.30. The summed E-state index contributed by atoms with van der Waals surface area (Å²) in [5.41, 5.74) is 1.26. The molecular weight excluding hydrogens is 264 g/mol. The Labute approximate surface area is 119 Å². The molecule has 1 atom stereocenters. The quantitative estimate of drug-likeness (QED) is 0.671. The molecule has 0 aromatic heterocycles. The van der Waals surface area contributed by atoms with Gasteiger partial charge in [0.05, 0.1) is 13.7 Å². The molecule has 0 bridgehead atoms. The SMILES string of the molecule is COc1ccc(CCC(C)NCCOCC(F)F)cc1. The van der Waals surface area contributed by atoms with E-state index in [4.69, 9.17) is 9.47 Å². The van der Waals surface area contributed by atoms with E-state index in [2.05, 4.69) is 24.4 Å². The minimum absolute atomic E-state index is 0.317. The van der Waals surface area contributed by atoms with Crippen LogP contribution in [0, 0.1) is 0 Å². The molecule has 0 heterocycles. The van der Waals surface area contributed by atoms with Gasteiger partial charge in [0, 0.05) is 12.6 Å². The number of rotatable bonds is 10. The van der Waals surface area contributed by atoms with Gasteiger partial charge < -0.3 is 14.8 Å². The van der Waals surface area contributed by atoms with Gasteiger partial charge in [-0.15, -0.1) is 0 Å². The first-order chi connectivity index (χ1) is 9.61. The van der Waals surface area contributed by atoms with Crippen LogP contribution in [0.15, 0.2) is 24.3 Å². The number of halogens is 2. The molecule has 0 spiro atoms. The van der Waals surface area contributed by atoms with Crippen LogP contribution < -0.4 is 10.1 Å². The van der Waals surface area contributed by atoms with Crippen molar-refractivity contribution in [1.29, 1.82) is 0 Å². The molecule has 0 saturated heterocycles. The van der Waals surface area contributed by atoms with E-state index in [9.17, 15) is 8.78 Å². The topological polar surface area (TPSA) is 30.5 Å². The van der Waals surface area contributed by atoms with Crippen LogP contribution in [0.5, 0.6) is 5.75 Å². The molecule has 0 aliphatic heterocycles. The summed E-state index contributed by atoms with van der Waals surface area (Å²) in [4.78, 5) is 0. The number of hydrogen-bond acceptors (Lipinski definition) is 3. The zero-order chi connectivity index (χ0) is 14.8. The van der Waals surface area contributed by atoms with Crippen molar-refractivity contribution in [2.45, 2.75) is 32.2 Å². The summed E-state index contributed by atoms with van der Waals surface area (Å²) in [6, 6.07) is 8.33. The van der Waals surface area contributed by atoms with E-state index >= 15 is 0 Å². The molecule has 1 unspecified atom stereocenters. The number of hydrogen-bond donors (Lipinski definition) is 1. The highest BCUT2D eigenvalue weighted by Gasteiger charge is 2.04. The fourth-order valence-corrected chi connectivity index (χ4v) is 1.83. The zero-order valence-corrected chi connectivity index (χ0v) is 12.1. The number of nitrogens with one attached hydrogen (secondary N) is 1. The van der Waals surface area contributed by atoms with Gasteiger partial charge in [-0.2, -0.15) is 0 Å². The lowest BCUT2D eigenvalue weighted by Gasteiger charge is -2.14. The predicted octanol–water partition coefficient (Wildman–Crippen LogP) is 2.89. The molecule has 0 aliphatic carbocycles. The van der Waals surface area contributed by atoms with Crippen molar-refractivity contribution in [3.63, 3.8) is 0 Å². The highest BCUT2D eigenvalue weighted by atomic mass is 19.3. The maximum Gasteiger partial charge on any atom is 0.261 e. The smallest absolute Gasteiger partial charge is 0.261 e. The van der Waals surface area contributed by atoms with Crippen LogP contribution in [-0.4, -0.2) is 39.3 Å². The van der Waals surface area contributed by atoms with E-state index in [1.54, 1.807) is 7.11 Å². The molecule has 0 aliphatic rings. The summed E-state index contributed by atoms with van der Waals surface area (Å²) in [5, 5.41) is 3.25. The number of methoxy groups -OCH3 is 1. The summed E-state index contributed by atoms with van der Waals surface area (Å²) < 4.78 is 33.6. The van der Waals surface area contributed by atoms with Gasteiger partial charge >= 0.3 is 0 Å². The standard InChI is InChI=1S/C15H23F2NO2/c1-12(18-9-10-20-11-15(16)17)3-4-13-5-7-14(19-2)8-6-13/h5-8,12,15,18H,3-4,9-11H2,1-2H3. The van der Waals surface area contributed by atoms with Crippen LogP contribution in [0.2, 0.25) is 0 Å². The third-order valence-corrected chi connectivity index (χ3v) is 3.01. The van der Waals surface area contributed by atoms with Crippen molar-refractivity contribution in [2.75, 3.05) is 26.9 Å². The predicted molar refractivity (Wildman–Crippen MR) is 75.6 cm³/mol. The Balaban J connectivity index is 2.11. The number of benzene rings is 1. The van der Waals surface area contributed by atoms with Crippen molar-refractivity contribution in [3.05, 3.63) is 29.8 Å². The van der Waals surface area contributed by atoms with E-state index in [0.717, 1.165) is 18.6 Å². The van der Waals surface area contributed by atoms with Crippen LogP contribution in [0.4, 0.5) is 8.78 Å². The first-order valence-electron chi connectivity index (χ1n) is 6.84. The Morgan fingerprint density at radius 3 is 2.50 bits per heavy atom. The summed E-state index contributed by atoms with van der Waals surface area (Å²) in [7, 11) is 1.65. The number of alkyl halides is 2. The Hall–Kier alpha value is -1.20. The van der Waals surface area contributed by atoms with Crippen LogP contribution >= 0.6 is 0 Å². The van der Waals surface area contributed by atoms with Crippen LogP contribution in [0.1, 0.15) is 18.9 Å². The molecule has 1 aromatic carbocycles. The van der Waals surface area contributed by atoms with Crippen LogP contribution in [0.25, 0.3) is 0 Å². The molecule has 3 nitrogen and oxygen atoms in total. The average molecular weight is 287 g/mol. The minimum atomic E-state index is -2.39. The van der Waals surface area contributed by atoms with Crippen LogP contribution in [0.3, 0.4) is 0 Å². The van der Waals surface area contributed by atoms with Gasteiger partial charge in [0.15, 0.2) is 0 Å². The van der Waals surface area contributed by atoms with Gasteiger partial charge in [-0.05, 0) is 37.5 Å². The van der Waals surface area contributed by atoms with E-state index in [-0.39, 0.29) is 0 Å².